The molecule has 4 N–H and O–H groups in total. The highest BCUT2D eigenvalue weighted by Crippen LogP contribution is 2.47. The molecule has 2 aliphatic carbocycles. The molecule has 2 aromatic heterocycles. The molecule has 2 amide bonds. The standard InChI is InChI=1S/C28H27ClFN3O4.C26H23ClFN3O4/c29-21-13-24(26(34)32-28(10-11-28)20-8-6-19(7-9-20)27(35)36)25(31-15-21)33-12-2-3-18(16-33)17-37-23-5-1-4-22(30)14-23;27-18-12-22(24(32)30-26(9-10-26)17-6-4-16(5-7-17)25(33)34)23(29-14-18)31-11-8-21(15-31)35-20-3-1-2-19(28)13-20/h1,4-9,13-15,18H,2-3,10-12,16-17H2,(H,32,34)(H,35,36);1-7,12-14,21H,8-11,15H2,(H,30,32)(H,33,34)/t;21-/m.1/s1. The minimum absolute atomic E-state index is 0.173. The fourth-order valence-electron chi connectivity index (χ4n) is 9.27. The largest absolute Gasteiger partial charge is 0.493 e. The minimum Gasteiger partial charge on any atom is -0.493 e. The van der Waals surface area contributed by atoms with Crippen molar-refractivity contribution in [2.45, 2.75) is 62.1 Å². The van der Waals surface area contributed by atoms with Crippen molar-refractivity contribution in [3.05, 3.63) is 177 Å². The Morgan fingerprint density at radius 3 is 1.61 bits per heavy atom. The molecule has 0 radical (unpaired) electrons. The zero-order valence-electron chi connectivity index (χ0n) is 38.8. The Bertz CT molecular complexity index is 2990. The molecule has 4 aliphatic rings. The molecule has 14 nitrogen and oxygen atoms in total. The van der Waals surface area contributed by atoms with Crippen molar-refractivity contribution in [2.24, 2.45) is 5.92 Å². The van der Waals surface area contributed by atoms with Crippen molar-refractivity contribution >= 4 is 58.6 Å². The zero-order chi connectivity index (χ0) is 50.6. The SMILES string of the molecule is O=C(O)c1ccc(C2(NC(=O)c3cc(Cl)cnc3N3CCCC(COc4cccc(F)c4)C3)CC2)cc1.O=C(O)c1ccc(C2(NC(=O)c3cc(Cl)cnc3N3CC[C@@H](Oc4cccc(F)c4)C3)CC2)cc1. The number of amides is 2. The molecular formula is C54H50Cl2F2N6O8. The topological polar surface area (TPSA) is 184 Å². The number of pyridine rings is 2. The first-order valence-electron chi connectivity index (χ1n) is 23.6. The van der Waals surface area contributed by atoms with Crippen LogP contribution in [0.3, 0.4) is 0 Å². The normalized spacial score (nSPS) is 18.2. The number of aromatic nitrogens is 2. The number of hydrogen-bond donors (Lipinski definition) is 4. The van der Waals surface area contributed by atoms with Crippen LogP contribution in [0.15, 0.2) is 122 Å². The van der Waals surface area contributed by atoms with E-state index in [0.717, 1.165) is 56.2 Å². The lowest BCUT2D eigenvalue weighted by Gasteiger charge is -2.34. The van der Waals surface area contributed by atoms with Crippen molar-refractivity contribution in [3.8, 4) is 11.5 Å². The van der Waals surface area contributed by atoms with Crippen LogP contribution < -0.4 is 29.9 Å². The van der Waals surface area contributed by atoms with Gasteiger partial charge in [-0.05, 0) is 110 Å². The summed E-state index contributed by atoms with van der Waals surface area (Å²) in [7, 11) is 0. The number of piperidine rings is 1. The summed E-state index contributed by atoms with van der Waals surface area (Å²) >= 11 is 12.4. The second kappa shape index (κ2) is 21.2. The zero-order valence-corrected chi connectivity index (χ0v) is 40.3. The van der Waals surface area contributed by atoms with Crippen molar-refractivity contribution < 1.29 is 47.6 Å². The summed E-state index contributed by atoms with van der Waals surface area (Å²) in [4.78, 5) is 62.2. The number of aromatic carboxylic acids is 2. The molecular weight excluding hydrogens is 970 g/mol. The van der Waals surface area contributed by atoms with E-state index in [-0.39, 0.29) is 46.6 Å². The molecule has 18 heteroatoms. The van der Waals surface area contributed by atoms with Gasteiger partial charge in [0, 0.05) is 56.5 Å². The number of carbonyl (C=O) groups is 4. The maximum Gasteiger partial charge on any atom is 0.335 e. The maximum absolute atomic E-state index is 13.5. The lowest BCUT2D eigenvalue weighted by atomic mass is 9.98. The number of benzene rings is 4. The van der Waals surface area contributed by atoms with E-state index >= 15 is 0 Å². The van der Waals surface area contributed by atoms with Crippen LogP contribution in [0, 0.1) is 17.6 Å². The molecule has 4 aromatic carbocycles. The Morgan fingerprint density at radius 2 is 1.12 bits per heavy atom. The molecule has 2 atom stereocenters. The quantitative estimate of drug-likeness (QED) is 0.0765. The van der Waals surface area contributed by atoms with E-state index in [9.17, 15) is 33.1 Å². The summed E-state index contributed by atoms with van der Waals surface area (Å²) in [5.74, 6) is -1.04. The molecule has 72 heavy (non-hydrogen) atoms. The summed E-state index contributed by atoms with van der Waals surface area (Å²) < 4.78 is 38.7. The smallest absolute Gasteiger partial charge is 0.335 e. The van der Waals surface area contributed by atoms with Gasteiger partial charge in [0.2, 0.25) is 0 Å². The molecule has 6 aromatic rings. The van der Waals surface area contributed by atoms with Crippen LogP contribution in [0.2, 0.25) is 10.0 Å². The molecule has 1 unspecified atom stereocenters. The summed E-state index contributed by atoms with van der Waals surface area (Å²) in [6, 6.07) is 28.5. The van der Waals surface area contributed by atoms with Gasteiger partial charge in [-0.3, -0.25) is 9.59 Å². The van der Waals surface area contributed by atoms with Crippen molar-refractivity contribution in [3.63, 3.8) is 0 Å². The maximum atomic E-state index is 13.5. The number of hydrogen-bond acceptors (Lipinski definition) is 10. The third kappa shape index (κ3) is 11.7. The highest BCUT2D eigenvalue weighted by atomic mass is 35.5. The van der Waals surface area contributed by atoms with Crippen molar-refractivity contribution in [2.75, 3.05) is 42.6 Å². The summed E-state index contributed by atoms with van der Waals surface area (Å²) in [5.41, 5.74) is 1.81. The Hall–Kier alpha value is -7.30. The number of halogens is 4. The van der Waals surface area contributed by atoms with Gasteiger partial charge in [-0.2, -0.15) is 0 Å². The Morgan fingerprint density at radius 1 is 0.639 bits per heavy atom. The number of anilines is 2. The first kappa shape index (κ1) is 49.7. The van der Waals surface area contributed by atoms with Crippen LogP contribution in [0.1, 0.15) is 97.5 Å². The van der Waals surface area contributed by atoms with Crippen LogP contribution in [-0.4, -0.2) is 82.8 Å². The van der Waals surface area contributed by atoms with Crippen molar-refractivity contribution in [1.82, 2.24) is 20.6 Å². The monoisotopic (exact) mass is 1020 g/mol. The van der Waals surface area contributed by atoms with Gasteiger partial charge in [-0.25, -0.2) is 28.3 Å². The number of nitrogens with one attached hydrogen (secondary N) is 2. The Kier molecular flexibility index (Phi) is 14.6. The third-order valence-electron chi connectivity index (χ3n) is 13.4. The number of carbonyl (C=O) groups excluding carboxylic acids is 2. The molecule has 4 fully saturated rings. The first-order chi connectivity index (χ1) is 34.7. The van der Waals surface area contributed by atoms with E-state index in [2.05, 4.69) is 25.5 Å². The third-order valence-corrected chi connectivity index (χ3v) is 13.8. The van der Waals surface area contributed by atoms with E-state index in [0.29, 0.717) is 77.0 Å². The molecule has 2 saturated carbocycles. The number of rotatable bonds is 15. The molecule has 2 saturated heterocycles. The van der Waals surface area contributed by atoms with Crippen LogP contribution in [0.25, 0.3) is 0 Å². The van der Waals surface area contributed by atoms with E-state index in [1.165, 1.54) is 36.7 Å². The molecule has 0 spiro atoms. The summed E-state index contributed by atoms with van der Waals surface area (Å²) in [6.07, 6.45) is 8.45. The predicted molar refractivity (Wildman–Crippen MR) is 267 cm³/mol. The van der Waals surface area contributed by atoms with Crippen LogP contribution in [0.5, 0.6) is 11.5 Å². The second-order valence-electron chi connectivity index (χ2n) is 18.5. The van der Waals surface area contributed by atoms with Gasteiger partial charge < -0.3 is 40.1 Å². The van der Waals surface area contributed by atoms with Gasteiger partial charge in [0.05, 0.1) is 56.5 Å². The molecule has 0 bridgehead atoms. The van der Waals surface area contributed by atoms with Gasteiger partial charge in [0.15, 0.2) is 0 Å². The lowest BCUT2D eigenvalue weighted by Crippen LogP contribution is -2.41. The number of carboxylic acids is 2. The van der Waals surface area contributed by atoms with Crippen LogP contribution >= 0.6 is 23.2 Å². The molecule has 4 heterocycles. The van der Waals surface area contributed by atoms with Gasteiger partial charge in [-0.15, -0.1) is 0 Å². The molecule has 2 aliphatic heterocycles. The second-order valence-corrected chi connectivity index (χ2v) is 19.4. The van der Waals surface area contributed by atoms with Gasteiger partial charge in [-0.1, -0.05) is 59.6 Å². The fraction of sp³-hybridized carbons (Fsp3) is 0.296. The van der Waals surface area contributed by atoms with E-state index in [1.54, 1.807) is 84.9 Å². The number of ether oxygens (including phenoxy) is 2. The van der Waals surface area contributed by atoms with E-state index in [4.69, 9.17) is 37.8 Å². The average Bonchev–Trinajstić information content (AvgIpc) is 4.30. The molecule has 10 rings (SSSR count). The Labute approximate surface area is 423 Å². The van der Waals surface area contributed by atoms with Crippen molar-refractivity contribution in [1.29, 1.82) is 0 Å². The highest BCUT2D eigenvalue weighted by molar-refractivity contribution is 6.31. The van der Waals surface area contributed by atoms with Gasteiger partial charge in [0.25, 0.3) is 11.8 Å². The van der Waals surface area contributed by atoms with E-state index in [1.807, 2.05) is 4.90 Å². The number of carboxylic acid groups (broad SMARTS) is 2. The summed E-state index contributed by atoms with van der Waals surface area (Å²) in [6.45, 7) is 2.94. The molecule has 372 valence electrons. The summed E-state index contributed by atoms with van der Waals surface area (Å²) in [5, 5.41) is 25.3. The highest BCUT2D eigenvalue weighted by Gasteiger charge is 2.47. The van der Waals surface area contributed by atoms with Crippen LogP contribution in [-0.2, 0) is 11.1 Å². The lowest BCUT2D eigenvalue weighted by molar-refractivity contribution is 0.0686. The predicted octanol–water partition coefficient (Wildman–Crippen LogP) is 9.94. The fourth-order valence-corrected chi connectivity index (χ4v) is 9.59. The number of nitrogens with zero attached hydrogens (tertiary/aromatic N) is 4. The minimum atomic E-state index is -0.995. The Balaban J connectivity index is 0.000000178. The average molecular weight is 1020 g/mol. The first-order valence-corrected chi connectivity index (χ1v) is 24.4. The van der Waals surface area contributed by atoms with Crippen LogP contribution in [0.4, 0.5) is 20.4 Å². The van der Waals surface area contributed by atoms with Gasteiger partial charge >= 0.3 is 11.9 Å². The van der Waals surface area contributed by atoms with Gasteiger partial charge in [0.1, 0.15) is 40.9 Å². The van der Waals surface area contributed by atoms with E-state index < -0.39 is 23.0 Å².